The molecule has 1 N–H and O–H groups in total. The molecular formula is C27H31NO3. The number of amides is 1. The monoisotopic (exact) mass is 417 g/mol. The highest BCUT2D eigenvalue weighted by Gasteiger charge is 2.25. The Morgan fingerprint density at radius 2 is 1.77 bits per heavy atom. The van der Waals surface area contributed by atoms with Crippen molar-refractivity contribution in [3.05, 3.63) is 59.8 Å². The number of hydrogen-bond donors (Lipinski definition) is 1. The molecule has 0 aromatic heterocycles. The molecule has 1 saturated heterocycles. The first-order valence-corrected chi connectivity index (χ1v) is 11.5. The number of hydrogen-bond acceptors (Lipinski definition) is 3. The normalized spacial score (nSPS) is 19.1. The van der Waals surface area contributed by atoms with Crippen LogP contribution in [0.2, 0.25) is 0 Å². The molecule has 4 rings (SSSR count). The van der Waals surface area contributed by atoms with Crippen LogP contribution in [-0.2, 0) is 9.59 Å². The summed E-state index contributed by atoms with van der Waals surface area (Å²) in [5, 5.41) is 4.63. The summed E-state index contributed by atoms with van der Waals surface area (Å²) in [7, 11) is 0. The van der Waals surface area contributed by atoms with E-state index in [2.05, 4.69) is 11.9 Å². The molecule has 2 aromatic carbocycles. The van der Waals surface area contributed by atoms with Crippen molar-refractivity contribution in [3.63, 3.8) is 0 Å². The van der Waals surface area contributed by atoms with E-state index in [0.717, 1.165) is 34.4 Å². The van der Waals surface area contributed by atoms with Crippen LogP contribution in [-0.4, -0.2) is 18.3 Å². The number of Topliss-reactive ketones (excluding diaryl/α,β-unsaturated/α-hetero) is 1. The van der Waals surface area contributed by atoms with Crippen LogP contribution >= 0.6 is 0 Å². The summed E-state index contributed by atoms with van der Waals surface area (Å²) in [6.07, 6.45) is 12.4. The summed E-state index contributed by atoms with van der Waals surface area (Å²) in [6.45, 7) is 4.40. The van der Waals surface area contributed by atoms with Crippen LogP contribution in [0.4, 0.5) is 0 Å². The maximum absolute atomic E-state index is 12.3. The number of nitrogens with one attached hydrogen (secondary N) is 1. The first kappa shape index (κ1) is 21.4. The molecule has 0 spiro atoms. The molecule has 2 aromatic rings. The quantitative estimate of drug-likeness (QED) is 0.344. The fourth-order valence-corrected chi connectivity index (χ4v) is 4.73. The number of benzene rings is 2. The lowest BCUT2D eigenvalue weighted by Crippen LogP contribution is -2.34. The van der Waals surface area contributed by atoms with Crippen molar-refractivity contribution in [2.75, 3.05) is 6.61 Å². The average Bonchev–Trinajstić information content (AvgIpc) is 2.77. The molecule has 162 valence electrons. The minimum absolute atomic E-state index is 0.150. The predicted octanol–water partition coefficient (Wildman–Crippen LogP) is 5.96. The number of unbranched alkanes of at least 4 members (excludes halogenated alkanes) is 1. The number of allylic oxidation sites excluding steroid dienone is 1. The summed E-state index contributed by atoms with van der Waals surface area (Å²) in [4.78, 5) is 24.6. The third-order valence-corrected chi connectivity index (χ3v) is 6.42. The lowest BCUT2D eigenvalue weighted by molar-refractivity contribution is -0.123. The average molecular weight is 418 g/mol. The maximum Gasteiger partial charge on any atom is 0.259 e. The standard InChI is InChI=1S/C27H31NO3/c1-19-17-25(29)24(27(30)28-19)18-21-14-15-26(23-13-6-5-12-22(21)23)31-16-8-7-11-20-9-3-2-4-10-20/h5-6,12-15,18,20H,1-4,7-11,16-17H2,(H,28,30)/b24-18+. The van der Waals surface area contributed by atoms with Gasteiger partial charge in [0.05, 0.1) is 18.6 Å². The van der Waals surface area contributed by atoms with Gasteiger partial charge in [0.2, 0.25) is 0 Å². The molecule has 31 heavy (non-hydrogen) atoms. The van der Waals surface area contributed by atoms with Gasteiger partial charge in [-0.3, -0.25) is 9.59 Å². The van der Waals surface area contributed by atoms with Crippen molar-refractivity contribution in [1.29, 1.82) is 0 Å². The van der Waals surface area contributed by atoms with Crippen molar-refractivity contribution >= 4 is 28.5 Å². The van der Waals surface area contributed by atoms with E-state index in [4.69, 9.17) is 4.74 Å². The van der Waals surface area contributed by atoms with Crippen LogP contribution < -0.4 is 10.1 Å². The van der Waals surface area contributed by atoms with Crippen molar-refractivity contribution < 1.29 is 14.3 Å². The van der Waals surface area contributed by atoms with Gasteiger partial charge in [0.1, 0.15) is 5.75 Å². The Morgan fingerprint density at radius 3 is 2.55 bits per heavy atom. The molecule has 0 unspecified atom stereocenters. The van der Waals surface area contributed by atoms with E-state index in [0.29, 0.717) is 12.3 Å². The van der Waals surface area contributed by atoms with Crippen molar-refractivity contribution in [1.82, 2.24) is 5.32 Å². The molecule has 2 aliphatic rings. The van der Waals surface area contributed by atoms with Crippen molar-refractivity contribution in [2.24, 2.45) is 5.92 Å². The second kappa shape index (κ2) is 9.95. The fraction of sp³-hybridized carbons (Fsp3) is 0.407. The lowest BCUT2D eigenvalue weighted by atomic mass is 9.86. The Bertz CT molecular complexity index is 992. The van der Waals surface area contributed by atoms with Crippen LogP contribution in [0.3, 0.4) is 0 Å². The fourth-order valence-electron chi connectivity index (χ4n) is 4.73. The highest BCUT2D eigenvalue weighted by Crippen LogP contribution is 2.31. The first-order valence-electron chi connectivity index (χ1n) is 11.5. The first-order chi connectivity index (χ1) is 15.1. The van der Waals surface area contributed by atoms with Gasteiger partial charge >= 0.3 is 0 Å². The van der Waals surface area contributed by atoms with Crippen molar-refractivity contribution in [3.8, 4) is 5.75 Å². The predicted molar refractivity (Wildman–Crippen MR) is 125 cm³/mol. The summed E-state index contributed by atoms with van der Waals surface area (Å²) in [6, 6.07) is 11.8. The zero-order valence-electron chi connectivity index (χ0n) is 18.1. The number of rotatable bonds is 7. The smallest absolute Gasteiger partial charge is 0.259 e. The molecule has 1 heterocycles. The van der Waals surface area contributed by atoms with Crippen LogP contribution in [0, 0.1) is 5.92 Å². The van der Waals surface area contributed by atoms with E-state index in [1.807, 2.05) is 36.4 Å². The zero-order chi connectivity index (χ0) is 21.6. The number of carbonyl (C=O) groups is 2. The molecule has 4 nitrogen and oxygen atoms in total. The molecule has 2 fully saturated rings. The van der Waals surface area contributed by atoms with E-state index in [1.54, 1.807) is 6.08 Å². The molecule has 0 bridgehead atoms. The SMILES string of the molecule is C=C1CC(=O)/C(=C\c2ccc(OCCCCC3CCCCC3)c3ccccc23)C(=O)N1. The molecule has 0 radical (unpaired) electrons. The van der Waals surface area contributed by atoms with Gasteiger partial charge in [0.15, 0.2) is 5.78 Å². The number of ketones is 1. The summed E-state index contributed by atoms with van der Waals surface area (Å²) < 4.78 is 6.13. The largest absolute Gasteiger partial charge is 0.493 e. The molecule has 4 heteroatoms. The van der Waals surface area contributed by atoms with E-state index < -0.39 is 0 Å². The van der Waals surface area contributed by atoms with Crippen molar-refractivity contribution in [2.45, 2.75) is 57.8 Å². The lowest BCUT2D eigenvalue weighted by Gasteiger charge is -2.21. The van der Waals surface area contributed by atoms with Gasteiger partial charge in [0, 0.05) is 11.1 Å². The van der Waals surface area contributed by atoms with Crippen LogP contribution in [0.1, 0.15) is 63.4 Å². The minimum atomic E-state index is -0.386. The second-order valence-corrected chi connectivity index (χ2v) is 8.76. The molecule has 0 atom stereocenters. The molecule has 1 aliphatic heterocycles. The Labute approximate surface area is 184 Å². The Morgan fingerprint density at radius 1 is 1.00 bits per heavy atom. The number of carbonyl (C=O) groups excluding carboxylic acids is 2. The van der Waals surface area contributed by atoms with Crippen LogP contribution in [0.15, 0.2) is 54.2 Å². The summed E-state index contributed by atoms with van der Waals surface area (Å²) >= 11 is 0. The Kier molecular flexibility index (Phi) is 6.86. The highest BCUT2D eigenvalue weighted by atomic mass is 16.5. The van der Waals surface area contributed by atoms with E-state index in [-0.39, 0.29) is 23.7 Å². The van der Waals surface area contributed by atoms with Gasteiger partial charge in [-0.05, 0) is 41.9 Å². The number of piperidine rings is 1. The Hall–Kier alpha value is -2.88. The van der Waals surface area contributed by atoms with E-state index >= 15 is 0 Å². The van der Waals surface area contributed by atoms with Gasteiger partial charge in [-0.2, -0.15) is 0 Å². The van der Waals surface area contributed by atoms with Crippen LogP contribution in [0.25, 0.3) is 16.8 Å². The van der Waals surface area contributed by atoms with Gasteiger partial charge in [0.25, 0.3) is 5.91 Å². The minimum Gasteiger partial charge on any atom is -0.493 e. The molecular weight excluding hydrogens is 386 g/mol. The molecule has 1 aliphatic carbocycles. The topological polar surface area (TPSA) is 55.4 Å². The van der Waals surface area contributed by atoms with Gasteiger partial charge in [-0.25, -0.2) is 0 Å². The highest BCUT2D eigenvalue weighted by molar-refractivity contribution is 6.25. The van der Waals surface area contributed by atoms with Gasteiger partial charge in [-0.1, -0.05) is 75.4 Å². The Balaban J connectivity index is 1.44. The third-order valence-electron chi connectivity index (χ3n) is 6.42. The van der Waals surface area contributed by atoms with E-state index in [9.17, 15) is 9.59 Å². The third kappa shape index (κ3) is 5.25. The molecule has 1 saturated carbocycles. The van der Waals surface area contributed by atoms with Crippen LogP contribution in [0.5, 0.6) is 5.75 Å². The number of ether oxygens (including phenoxy) is 1. The van der Waals surface area contributed by atoms with Gasteiger partial charge < -0.3 is 10.1 Å². The summed E-state index contributed by atoms with van der Waals surface area (Å²) in [5.41, 5.74) is 1.46. The summed E-state index contributed by atoms with van der Waals surface area (Å²) in [5.74, 6) is 1.18. The van der Waals surface area contributed by atoms with E-state index in [1.165, 1.54) is 44.9 Å². The van der Waals surface area contributed by atoms with Gasteiger partial charge in [-0.15, -0.1) is 0 Å². The maximum atomic E-state index is 12.3. The number of fused-ring (bicyclic) bond motifs is 1. The zero-order valence-corrected chi connectivity index (χ0v) is 18.1. The molecule has 1 amide bonds. The second-order valence-electron chi connectivity index (χ2n) is 8.76.